The molecular weight excluding hydrogens is 211 g/mol. The van der Waals surface area contributed by atoms with Gasteiger partial charge < -0.3 is 9.67 Å². The Hall–Kier alpha value is -1.30. The van der Waals surface area contributed by atoms with E-state index in [0.717, 1.165) is 16.7 Å². The van der Waals surface area contributed by atoms with Crippen molar-refractivity contribution in [3.63, 3.8) is 0 Å². The van der Waals surface area contributed by atoms with Gasteiger partial charge in [-0.3, -0.25) is 4.79 Å². The van der Waals surface area contributed by atoms with Crippen LogP contribution in [0.25, 0.3) is 0 Å². The topological polar surface area (TPSA) is 42.2 Å². The van der Waals surface area contributed by atoms with E-state index in [2.05, 4.69) is 0 Å². The summed E-state index contributed by atoms with van der Waals surface area (Å²) < 4.78 is 37.6. The number of pyridine rings is 1. The number of aromatic nitrogens is 1. The molecule has 1 rings (SSSR count). The van der Waals surface area contributed by atoms with Crippen molar-refractivity contribution in [1.29, 1.82) is 0 Å². The second-order valence-corrected chi connectivity index (χ2v) is 3.26. The summed E-state index contributed by atoms with van der Waals surface area (Å²) in [6.45, 7) is 1.25. The maximum absolute atomic E-state index is 12.3. The van der Waals surface area contributed by atoms with Crippen molar-refractivity contribution in [3.05, 3.63) is 34.2 Å². The first-order chi connectivity index (χ1) is 6.80. The van der Waals surface area contributed by atoms with Gasteiger partial charge >= 0.3 is 6.18 Å². The molecule has 0 saturated heterocycles. The van der Waals surface area contributed by atoms with E-state index >= 15 is 0 Å². The van der Waals surface area contributed by atoms with Crippen LogP contribution in [0.3, 0.4) is 0 Å². The fourth-order valence-electron chi connectivity index (χ4n) is 1.13. The van der Waals surface area contributed by atoms with Crippen molar-refractivity contribution >= 4 is 0 Å². The van der Waals surface area contributed by atoms with Crippen molar-refractivity contribution in [3.8, 4) is 0 Å². The zero-order valence-corrected chi connectivity index (χ0v) is 7.95. The van der Waals surface area contributed by atoms with E-state index in [9.17, 15) is 18.0 Å². The highest BCUT2D eigenvalue weighted by molar-refractivity contribution is 5.13. The monoisotopic (exact) mass is 221 g/mol. The summed E-state index contributed by atoms with van der Waals surface area (Å²) in [7, 11) is 0. The summed E-state index contributed by atoms with van der Waals surface area (Å²) in [5, 5.41) is 8.98. The molecule has 0 bridgehead atoms. The molecule has 1 atom stereocenters. The van der Waals surface area contributed by atoms with E-state index in [-0.39, 0.29) is 6.54 Å². The third-order valence-corrected chi connectivity index (χ3v) is 1.77. The molecule has 0 saturated carbocycles. The predicted molar refractivity (Wildman–Crippen MR) is 47.4 cm³/mol. The van der Waals surface area contributed by atoms with Crippen LogP contribution in [0.2, 0.25) is 0 Å². The van der Waals surface area contributed by atoms with Gasteiger partial charge in [-0.25, -0.2) is 0 Å². The summed E-state index contributed by atoms with van der Waals surface area (Å²) in [6, 6.07) is 1.56. The van der Waals surface area contributed by atoms with Gasteiger partial charge in [-0.2, -0.15) is 13.2 Å². The van der Waals surface area contributed by atoms with Crippen LogP contribution in [-0.4, -0.2) is 15.8 Å². The van der Waals surface area contributed by atoms with E-state index in [1.165, 1.54) is 6.92 Å². The van der Waals surface area contributed by atoms with E-state index in [1.54, 1.807) is 0 Å². The molecule has 0 aliphatic rings. The van der Waals surface area contributed by atoms with Crippen LogP contribution in [0.1, 0.15) is 12.5 Å². The van der Waals surface area contributed by atoms with E-state index in [1.807, 2.05) is 0 Å². The number of halogens is 3. The fraction of sp³-hybridized carbons (Fsp3) is 0.444. The maximum Gasteiger partial charge on any atom is 0.417 e. The van der Waals surface area contributed by atoms with Crippen LogP contribution in [0, 0.1) is 0 Å². The van der Waals surface area contributed by atoms with Gasteiger partial charge in [0.2, 0.25) is 0 Å². The molecule has 1 aromatic heterocycles. The van der Waals surface area contributed by atoms with Crippen LogP contribution >= 0.6 is 0 Å². The summed E-state index contributed by atoms with van der Waals surface area (Å²) in [5.74, 6) is 0. The third kappa shape index (κ3) is 3.09. The predicted octanol–water partition coefficient (Wildman–Crippen LogP) is 1.25. The van der Waals surface area contributed by atoms with E-state index in [0.29, 0.717) is 6.20 Å². The van der Waals surface area contributed by atoms with Gasteiger partial charge in [-0.05, 0) is 13.0 Å². The molecule has 1 unspecified atom stereocenters. The lowest BCUT2D eigenvalue weighted by Gasteiger charge is -2.11. The van der Waals surface area contributed by atoms with E-state index in [4.69, 9.17) is 5.11 Å². The molecule has 3 nitrogen and oxygen atoms in total. The highest BCUT2D eigenvalue weighted by Crippen LogP contribution is 2.27. The number of nitrogens with zero attached hydrogens (tertiary/aromatic N) is 1. The standard InChI is InChI=1S/C9H10F3NO2/c1-6(14)4-13-5-7(9(10,11)12)2-3-8(13)15/h2-3,5-6,14H,4H2,1H3. The van der Waals surface area contributed by atoms with Gasteiger partial charge in [0.25, 0.3) is 5.56 Å². The highest BCUT2D eigenvalue weighted by Gasteiger charge is 2.31. The lowest BCUT2D eigenvalue weighted by molar-refractivity contribution is -0.138. The molecule has 0 aliphatic heterocycles. The van der Waals surface area contributed by atoms with Gasteiger partial charge in [0.1, 0.15) is 0 Å². The summed E-state index contributed by atoms with van der Waals surface area (Å²) >= 11 is 0. The Balaban J connectivity index is 3.11. The first kappa shape index (κ1) is 11.8. The van der Waals surface area contributed by atoms with Crippen LogP contribution < -0.4 is 5.56 Å². The molecule has 0 aromatic carbocycles. The molecule has 0 aliphatic carbocycles. The normalized spacial score (nSPS) is 13.9. The number of hydrogen-bond donors (Lipinski definition) is 1. The van der Waals surface area contributed by atoms with Crippen LogP contribution in [-0.2, 0) is 12.7 Å². The van der Waals surface area contributed by atoms with Gasteiger partial charge in [0.05, 0.1) is 18.2 Å². The minimum absolute atomic E-state index is 0.150. The molecule has 15 heavy (non-hydrogen) atoms. The summed E-state index contributed by atoms with van der Waals surface area (Å²) in [5.41, 5.74) is -1.47. The molecule has 0 amide bonds. The summed E-state index contributed by atoms with van der Waals surface area (Å²) in [6.07, 6.45) is -4.64. The Morgan fingerprint density at radius 1 is 1.47 bits per heavy atom. The smallest absolute Gasteiger partial charge is 0.392 e. The lowest BCUT2D eigenvalue weighted by Crippen LogP contribution is -2.25. The number of aliphatic hydroxyl groups excluding tert-OH is 1. The van der Waals surface area contributed by atoms with Gasteiger partial charge in [0, 0.05) is 12.3 Å². The van der Waals surface area contributed by atoms with Crippen molar-refractivity contribution in [1.82, 2.24) is 4.57 Å². The van der Waals surface area contributed by atoms with Gasteiger partial charge in [-0.15, -0.1) is 0 Å². The zero-order valence-electron chi connectivity index (χ0n) is 7.95. The van der Waals surface area contributed by atoms with Gasteiger partial charge in [0.15, 0.2) is 0 Å². The van der Waals surface area contributed by atoms with Crippen molar-refractivity contribution < 1.29 is 18.3 Å². The minimum Gasteiger partial charge on any atom is -0.392 e. The first-order valence-corrected chi connectivity index (χ1v) is 4.26. The largest absolute Gasteiger partial charge is 0.417 e. The third-order valence-electron chi connectivity index (χ3n) is 1.77. The van der Waals surface area contributed by atoms with Crippen LogP contribution in [0.5, 0.6) is 0 Å². The second-order valence-electron chi connectivity index (χ2n) is 3.26. The molecule has 1 N–H and O–H groups in total. The minimum atomic E-state index is -4.48. The van der Waals surface area contributed by atoms with Crippen molar-refractivity contribution in [2.75, 3.05) is 0 Å². The number of aliphatic hydroxyl groups is 1. The lowest BCUT2D eigenvalue weighted by atomic mass is 10.2. The van der Waals surface area contributed by atoms with Gasteiger partial charge in [-0.1, -0.05) is 0 Å². The molecule has 6 heteroatoms. The number of rotatable bonds is 2. The number of hydrogen-bond acceptors (Lipinski definition) is 2. The first-order valence-electron chi connectivity index (χ1n) is 4.26. The Morgan fingerprint density at radius 2 is 2.07 bits per heavy atom. The van der Waals surface area contributed by atoms with Crippen LogP contribution in [0.4, 0.5) is 13.2 Å². The summed E-state index contributed by atoms with van der Waals surface area (Å²) in [4.78, 5) is 11.1. The van der Waals surface area contributed by atoms with E-state index < -0.39 is 23.4 Å². The average molecular weight is 221 g/mol. The molecule has 0 fully saturated rings. The highest BCUT2D eigenvalue weighted by atomic mass is 19.4. The fourth-order valence-corrected chi connectivity index (χ4v) is 1.13. The van der Waals surface area contributed by atoms with Crippen molar-refractivity contribution in [2.45, 2.75) is 25.7 Å². The molecule has 0 spiro atoms. The van der Waals surface area contributed by atoms with Crippen LogP contribution in [0.15, 0.2) is 23.1 Å². The SMILES string of the molecule is CC(O)Cn1cc(C(F)(F)F)ccc1=O. The molecule has 1 heterocycles. The number of alkyl halides is 3. The Bertz CT molecular complexity index is 395. The maximum atomic E-state index is 12.3. The Morgan fingerprint density at radius 3 is 2.53 bits per heavy atom. The Kier molecular flexibility index (Phi) is 3.18. The quantitative estimate of drug-likeness (QED) is 0.816. The molecule has 84 valence electrons. The molecular formula is C9H10F3NO2. The molecule has 1 aromatic rings. The second kappa shape index (κ2) is 4.06. The molecule has 0 radical (unpaired) electrons. The van der Waals surface area contributed by atoms with Crippen molar-refractivity contribution in [2.24, 2.45) is 0 Å². The zero-order chi connectivity index (χ0) is 11.6. The average Bonchev–Trinajstić information content (AvgIpc) is 2.06. The Labute approximate surface area is 83.8 Å².